The highest BCUT2D eigenvalue weighted by atomic mass is 35.5. The summed E-state index contributed by atoms with van der Waals surface area (Å²) < 4.78 is 27.2. The zero-order chi connectivity index (χ0) is 57.5. The summed E-state index contributed by atoms with van der Waals surface area (Å²) in [5.74, 6) is 6.13. The second kappa shape index (κ2) is 29.8. The van der Waals surface area contributed by atoms with E-state index in [0.29, 0.717) is 58.7 Å². The van der Waals surface area contributed by atoms with Gasteiger partial charge in [-0.25, -0.2) is 19.9 Å². The molecule has 13 N–H and O–H groups in total. The summed E-state index contributed by atoms with van der Waals surface area (Å²) in [6.07, 6.45) is 5.51. The van der Waals surface area contributed by atoms with Crippen molar-refractivity contribution >= 4 is 93.4 Å². The number of methoxy groups -OCH3 is 3. The maximum absolute atomic E-state index is 11.9. The lowest BCUT2D eigenvalue weighted by molar-refractivity contribution is 0.0935. The van der Waals surface area contributed by atoms with Gasteiger partial charge in [0.15, 0.2) is 23.0 Å². The van der Waals surface area contributed by atoms with Crippen molar-refractivity contribution in [1.29, 1.82) is 0 Å². The van der Waals surface area contributed by atoms with E-state index in [-0.39, 0.29) is 39.9 Å². The number of carbonyl (C=O) groups is 1. The molecule has 81 heavy (non-hydrogen) atoms. The van der Waals surface area contributed by atoms with Crippen LogP contribution in [0.4, 0.5) is 47.1 Å². The van der Waals surface area contributed by atoms with Gasteiger partial charge in [-0.2, -0.15) is 24.5 Å². The highest BCUT2D eigenvalue weighted by molar-refractivity contribution is 6.33. The molecule has 0 saturated carbocycles. The lowest BCUT2D eigenvalue weighted by Gasteiger charge is -2.10. The van der Waals surface area contributed by atoms with Crippen LogP contribution in [-0.2, 0) is 19.3 Å². The van der Waals surface area contributed by atoms with Crippen LogP contribution in [0.5, 0.6) is 17.2 Å². The first-order chi connectivity index (χ1) is 39.2. The number of halogens is 3. The monoisotopic (exact) mass is 1160 g/mol. The fourth-order valence-corrected chi connectivity index (χ4v) is 7.66. The van der Waals surface area contributed by atoms with Crippen LogP contribution in [0.25, 0.3) is 17.2 Å². The number of nitrogen functional groups attached to an aromatic ring is 4. The second-order valence-corrected chi connectivity index (χ2v) is 17.8. The second-order valence-electron chi connectivity index (χ2n) is 16.6. The number of ether oxygens (including phenoxy) is 3. The van der Waals surface area contributed by atoms with Crippen molar-refractivity contribution in [3.8, 4) is 28.8 Å². The first-order valence-corrected chi connectivity index (χ1v) is 25.5. The molecule has 10 rings (SSSR count). The summed E-state index contributed by atoms with van der Waals surface area (Å²) >= 11 is 16.7. The molecule has 0 saturated heterocycles. The zero-order valence-corrected chi connectivity index (χ0v) is 46.1. The van der Waals surface area contributed by atoms with Crippen molar-refractivity contribution in [3.63, 3.8) is 0 Å². The Kier molecular flexibility index (Phi) is 21.6. The number of nitrogens with two attached hydrogens (primary N) is 4. The van der Waals surface area contributed by atoms with Crippen LogP contribution >= 0.6 is 34.8 Å². The van der Waals surface area contributed by atoms with Crippen LogP contribution in [0.2, 0.25) is 15.5 Å². The Labute approximate surface area is 479 Å². The normalized spacial score (nSPS) is 10.4. The maximum atomic E-state index is 11.9. The molecule has 0 bridgehead atoms. The molecule has 0 fully saturated rings. The number of furan rings is 2. The van der Waals surface area contributed by atoms with Gasteiger partial charge >= 0.3 is 5.91 Å². The van der Waals surface area contributed by atoms with Gasteiger partial charge in [-0.1, -0.05) is 71.2 Å². The van der Waals surface area contributed by atoms with Crippen molar-refractivity contribution in [3.05, 3.63) is 172 Å². The van der Waals surface area contributed by atoms with E-state index in [9.17, 15) is 4.79 Å². The van der Waals surface area contributed by atoms with Crippen molar-refractivity contribution < 1.29 is 27.8 Å². The van der Waals surface area contributed by atoms with Crippen LogP contribution in [0.15, 0.2) is 143 Å². The van der Waals surface area contributed by atoms with E-state index in [1.165, 1.54) is 28.0 Å². The quantitative estimate of drug-likeness (QED) is 0.0271. The third-order valence-electron chi connectivity index (χ3n) is 10.9. The molecule has 0 aliphatic rings. The summed E-state index contributed by atoms with van der Waals surface area (Å²) in [5.41, 5.74) is 31.8. The smallest absolute Gasteiger partial charge is 0.305 e. The standard InChI is InChI=1S/C18H20N6O3.C18H18N6O2.C13H15ClN4O.C4H3Cl2N3/c1-26-13-6-4-12(5-7-13)8-9-20-15-11-16(22-18(19)21-15)23-24-17(25)14-3-2-10-27-14;1-25-13-6-4-12(5-7-13)8-9-20-15-11-16-22-17(14-3-2-10-26-14)23-24(16)18(19)21-15;1-19-10-4-2-9(3-5-10)6-7-16-12-8-11(14)17-13(15)18-12;5-2-1-3(6)9-4(7)8-2/h2-7,10-11H,8-9H2,1H3,(H,24,25)(H4,19,20,21,22,23);2-7,10-11,20H,8-9H2,1H3,(H2,19,21);2-5,8H,6-7H2,1H3,(H3,15,16,17,18);1H,(H2,7,8,9). The summed E-state index contributed by atoms with van der Waals surface area (Å²) in [6, 6.07) is 37.0. The van der Waals surface area contributed by atoms with Gasteiger partial charge in [0.05, 0.1) is 33.9 Å². The molecule has 0 radical (unpaired) electrons. The van der Waals surface area contributed by atoms with Gasteiger partial charge in [-0.05, 0) is 96.6 Å². The number of rotatable bonds is 19. The van der Waals surface area contributed by atoms with Crippen molar-refractivity contribution in [2.75, 3.05) is 85.3 Å². The number of aromatic nitrogens is 10. The average Bonchev–Trinajstić information content (AvgIpc) is 4.32. The Morgan fingerprint density at radius 2 is 0.963 bits per heavy atom. The molecular formula is C53H56Cl3N19O6. The number of carbonyl (C=O) groups excluding carboxylic acids is 1. The SMILES string of the molecule is COc1ccc(CCNc2cc(Cl)nc(N)n2)cc1.COc1ccc(CCNc2cc(NNC(=O)c3ccco3)nc(N)n2)cc1.COc1ccc(CCNc2cc3nc(-c4ccco4)nn3c(N)n2)cc1.Nc1nc(Cl)cc(Cl)n1. The molecule has 0 aliphatic heterocycles. The highest BCUT2D eigenvalue weighted by Crippen LogP contribution is 2.21. The minimum absolute atomic E-state index is 0.0826. The Hall–Kier alpha value is -9.85. The Bertz CT molecular complexity index is 3470. The van der Waals surface area contributed by atoms with Crippen LogP contribution in [0, 0.1) is 0 Å². The van der Waals surface area contributed by atoms with E-state index in [1.54, 1.807) is 64.0 Å². The molecule has 7 aromatic heterocycles. The van der Waals surface area contributed by atoms with Gasteiger partial charge in [0.1, 0.15) is 50.2 Å². The van der Waals surface area contributed by atoms with E-state index in [0.717, 1.165) is 48.6 Å². The fraction of sp³-hybridized carbons (Fsp3) is 0.170. The minimum atomic E-state index is -0.425. The van der Waals surface area contributed by atoms with Crippen molar-refractivity contribution in [2.45, 2.75) is 19.3 Å². The molecule has 25 nitrogen and oxygen atoms in total. The largest absolute Gasteiger partial charge is 0.497 e. The lowest BCUT2D eigenvalue weighted by Crippen LogP contribution is -2.29. The lowest BCUT2D eigenvalue weighted by atomic mass is 10.1. The molecule has 7 heterocycles. The Morgan fingerprint density at radius 1 is 0.519 bits per heavy atom. The predicted octanol–water partition coefficient (Wildman–Crippen LogP) is 8.44. The summed E-state index contributed by atoms with van der Waals surface area (Å²) in [4.78, 5) is 43.8. The first-order valence-electron chi connectivity index (χ1n) is 24.4. The van der Waals surface area contributed by atoms with Gasteiger partial charge in [-0.3, -0.25) is 15.6 Å². The zero-order valence-electron chi connectivity index (χ0n) is 43.8. The highest BCUT2D eigenvalue weighted by Gasteiger charge is 2.13. The summed E-state index contributed by atoms with van der Waals surface area (Å²) in [7, 11) is 4.95. The third-order valence-corrected chi connectivity index (χ3v) is 11.5. The van der Waals surface area contributed by atoms with Crippen LogP contribution in [-0.4, -0.2) is 96.4 Å². The molecule has 420 valence electrons. The number of hydrogen-bond acceptors (Lipinski definition) is 23. The van der Waals surface area contributed by atoms with Gasteiger partial charge in [-0.15, -0.1) is 5.10 Å². The number of nitrogens with one attached hydrogen (secondary N) is 5. The van der Waals surface area contributed by atoms with E-state index >= 15 is 0 Å². The molecule has 3 aromatic carbocycles. The topological polar surface area (TPSA) is 356 Å². The number of fused-ring (bicyclic) bond motifs is 1. The molecule has 0 atom stereocenters. The van der Waals surface area contributed by atoms with Gasteiger partial charge < -0.3 is 61.9 Å². The molecule has 1 amide bonds. The molecule has 10 aromatic rings. The van der Waals surface area contributed by atoms with E-state index in [1.807, 2.05) is 78.9 Å². The van der Waals surface area contributed by atoms with Gasteiger partial charge in [0, 0.05) is 43.9 Å². The average molecular weight is 1160 g/mol. The van der Waals surface area contributed by atoms with E-state index < -0.39 is 5.91 Å². The van der Waals surface area contributed by atoms with Crippen LogP contribution < -0.4 is 63.9 Å². The molecule has 0 aliphatic carbocycles. The fourth-order valence-electron chi connectivity index (χ4n) is 7.04. The number of benzene rings is 3. The number of amides is 1. The molecule has 0 spiro atoms. The number of hydrazine groups is 1. The molecule has 28 heteroatoms. The van der Waals surface area contributed by atoms with E-state index in [4.69, 9.17) is 80.8 Å². The first kappa shape index (κ1) is 58.8. The van der Waals surface area contributed by atoms with Crippen molar-refractivity contribution in [1.82, 2.24) is 54.9 Å². The molecular weight excluding hydrogens is 1110 g/mol. The van der Waals surface area contributed by atoms with Crippen molar-refractivity contribution in [2.24, 2.45) is 0 Å². The number of nitrogens with zero attached hydrogens (tertiary/aromatic N) is 10. The Balaban J connectivity index is 0.000000164. The molecule has 0 unspecified atom stereocenters. The van der Waals surface area contributed by atoms with Crippen LogP contribution in [0.3, 0.4) is 0 Å². The van der Waals surface area contributed by atoms with Gasteiger partial charge in [0.25, 0.3) is 0 Å². The van der Waals surface area contributed by atoms with Gasteiger partial charge in [0.2, 0.25) is 29.6 Å². The summed E-state index contributed by atoms with van der Waals surface area (Å²) in [6.45, 7) is 2.11. The number of anilines is 8. The van der Waals surface area contributed by atoms with Crippen LogP contribution in [0.1, 0.15) is 27.2 Å². The minimum Gasteiger partial charge on any atom is -0.497 e. The maximum Gasteiger partial charge on any atom is 0.305 e. The number of hydrogen-bond donors (Lipinski definition) is 9. The predicted molar refractivity (Wildman–Crippen MR) is 313 cm³/mol. The Morgan fingerprint density at radius 3 is 1.42 bits per heavy atom. The van der Waals surface area contributed by atoms with E-state index in [2.05, 4.69) is 71.8 Å². The third kappa shape index (κ3) is 18.9. The summed E-state index contributed by atoms with van der Waals surface area (Å²) in [5, 5.41) is 14.8.